The first-order valence-corrected chi connectivity index (χ1v) is 9.94. The summed E-state index contributed by atoms with van der Waals surface area (Å²) in [7, 11) is -2.26. The van der Waals surface area contributed by atoms with Crippen molar-refractivity contribution < 1.29 is 13.2 Å². The molecule has 0 saturated heterocycles. The monoisotopic (exact) mass is 374 g/mol. The molecule has 25 heavy (non-hydrogen) atoms. The summed E-state index contributed by atoms with van der Waals surface area (Å²) in [6, 6.07) is 10.7. The zero-order valence-electron chi connectivity index (χ0n) is 14.1. The van der Waals surface area contributed by atoms with Crippen molar-refractivity contribution in [1.82, 2.24) is 4.98 Å². The van der Waals surface area contributed by atoms with Crippen molar-refractivity contribution in [1.29, 1.82) is 0 Å². The fourth-order valence-electron chi connectivity index (χ4n) is 2.46. The maximum Gasteiger partial charge on any atom is 0.279 e. The molecule has 0 aliphatic carbocycles. The van der Waals surface area contributed by atoms with Crippen LogP contribution in [0.5, 0.6) is 5.75 Å². The van der Waals surface area contributed by atoms with Crippen LogP contribution in [0.2, 0.25) is 0 Å². The fourth-order valence-corrected chi connectivity index (χ4v) is 4.14. The molecule has 130 valence electrons. The molecule has 0 aliphatic rings. The van der Waals surface area contributed by atoms with Crippen LogP contribution >= 0.6 is 11.3 Å². The van der Waals surface area contributed by atoms with Crippen molar-refractivity contribution in [2.45, 2.75) is 18.9 Å². The van der Waals surface area contributed by atoms with Gasteiger partial charge >= 0.3 is 0 Å². The Kier molecular flexibility index (Phi) is 4.78. The summed E-state index contributed by atoms with van der Waals surface area (Å²) in [5.74, 6) is 0.504. The van der Waals surface area contributed by atoms with Gasteiger partial charge in [-0.1, -0.05) is 6.07 Å². The number of nitrogens with one attached hydrogen (secondary N) is 1. The Morgan fingerprint density at radius 3 is 2.48 bits per heavy atom. The molecule has 0 atom stereocenters. The number of aromatic nitrogens is 1. The number of sulfonamides is 1. The molecule has 0 radical (unpaired) electrons. The predicted octanol–water partition coefficient (Wildman–Crippen LogP) is 4.24. The lowest BCUT2D eigenvalue weighted by Crippen LogP contribution is -2.14. The molecule has 3 rings (SSSR count). The summed E-state index contributed by atoms with van der Waals surface area (Å²) in [4.78, 5) is 5.16. The van der Waals surface area contributed by atoms with Gasteiger partial charge in [0.1, 0.15) is 5.75 Å². The van der Waals surface area contributed by atoms with Crippen LogP contribution in [0.25, 0.3) is 11.1 Å². The number of hydrogen-bond donors (Lipinski definition) is 1. The number of nitrogens with zero attached hydrogens (tertiary/aromatic N) is 1. The second kappa shape index (κ2) is 6.85. The summed E-state index contributed by atoms with van der Waals surface area (Å²) in [5, 5.41) is 2.01. The third-order valence-electron chi connectivity index (χ3n) is 3.61. The van der Waals surface area contributed by atoms with E-state index in [4.69, 9.17) is 4.74 Å². The highest BCUT2D eigenvalue weighted by atomic mass is 32.2. The van der Waals surface area contributed by atoms with Crippen molar-refractivity contribution in [3.63, 3.8) is 0 Å². The maximum absolute atomic E-state index is 12.6. The Balaban J connectivity index is 1.92. The predicted molar refractivity (Wildman–Crippen MR) is 101 cm³/mol. The molecule has 0 amide bonds. The molecule has 0 unspecified atom stereocenters. The number of aryl methyl sites for hydroxylation is 2. The number of methoxy groups -OCH3 is 1. The van der Waals surface area contributed by atoms with Gasteiger partial charge in [0.05, 0.1) is 13.3 Å². The van der Waals surface area contributed by atoms with E-state index in [-0.39, 0.29) is 5.03 Å². The number of pyridine rings is 1. The Hall–Kier alpha value is -2.38. The van der Waals surface area contributed by atoms with Gasteiger partial charge in [0.15, 0.2) is 5.03 Å². The van der Waals surface area contributed by atoms with Gasteiger partial charge in [-0.25, -0.2) is 4.98 Å². The van der Waals surface area contributed by atoms with Crippen molar-refractivity contribution in [3.8, 4) is 16.9 Å². The van der Waals surface area contributed by atoms with E-state index in [1.807, 2.05) is 26.0 Å². The quantitative estimate of drug-likeness (QED) is 0.725. The number of benzene rings is 1. The molecule has 1 aromatic carbocycles. The number of thiophene rings is 1. The third kappa shape index (κ3) is 4.00. The first-order chi connectivity index (χ1) is 11.9. The number of anilines is 1. The summed E-state index contributed by atoms with van der Waals surface area (Å²) in [6.45, 7) is 3.98. The maximum atomic E-state index is 12.6. The molecule has 0 bridgehead atoms. The van der Waals surface area contributed by atoms with Crippen molar-refractivity contribution >= 4 is 27.0 Å². The number of hydrogen-bond acceptors (Lipinski definition) is 5. The van der Waals surface area contributed by atoms with Crippen LogP contribution < -0.4 is 9.46 Å². The first-order valence-electron chi connectivity index (χ1n) is 7.57. The minimum atomic E-state index is -3.76. The minimum absolute atomic E-state index is 0.0530. The topological polar surface area (TPSA) is 68.3 Å². The second-order valence-corrected chi connectivity index (χ2v) is 8.42. The van der Waals surface area contributed by atoms with Crippen molar-refractivity contribution in [2.24, 2.45) is 0 Å². The SMILES string of the molecule is COc1ccc(S(=O)(=O)Nc2cc(C)cc(-c3csc(C)c3)c2)nc1. The number of ether oxygens (including phenoxy) is 1. The van der Waals surface area contributed by atoms with Crippen LogP contribution in [0.1, 0.15) is 10.4 Å². The lowest BCUT2D eigenvalue weighted by atomic mass is 10.1. The summed E-state index contributed by atoms with van der Waals surface area (Å²) in [6.07, 6.45) is 1.38. The smallest absolute Gasteiger partial charge is 0.279 e. The highest BCUT2D eigenvalue weighted by Crippen LogP contribution is 2.29. The van der Waals surface area contributed by atoms with E-state index in [0.717, 1.165) is 16.7 Å². The number of rotatable bonds is 5. The zero-order valence-corrected chi connectivity index (χ0v) is 15.7. The van der Waals surface area contributed by atoms with E-state index in [2.05, 4.69) is 21.2 Å². The van der Waals surface area contributed by atoms with Gasteiger partial charge in [-0.05, 0) is 66.2 Å². The van der Waals surface area contributed by atoms with Gasteiger partial charge in [-0.3, -0.25) is 4.72 Å². The molecular weight excluding hydrogens is 356 g/mol. The standard InChI is InChI=1S/C18H18N2O3S2/c1-12-6-14(15-8-13(2)24-11-15)9-16(7-12)20-25(21,22)18-5-4-17(23-3)10-19-18/h4-11,20H,1-3H3. The molecule has 2 heterocycles. The van der Waals surface area contributed by atoms with Crippen LogP contribution in [0.4, 0.5) is 5.69 Å². The summed E-state index contributed by atoms with van der Waals surface area (Å²) < 4.78 is 32.7. The minimum Gasteiger partial charge on any atom is -0.495 e. The Morgan fingerprint density at radius 1 is 1.08 bits per heavy atom. The fraction of sp³-hybridized carbons (Fsp3) is 0.167. The van der Waals surface area contributed by atoms with Crippen LogP contribution in [0, 0.1) is 13.8 Å². The van der Waals surface area contributed by atoms with Gasteiger partial charge in [0.25, 0.3) is 10.0 Å². The van der Waals surface area contributed by atoms with E-state index in [1.54, 1.807) is 23.5 Å². The van der Waals surface area contributed by atoms with Gasteiger partial charge < -0.3 is 4.74 Å². The Morgan fingerprint density at radius 2 is 1.88 bits per heavy atom. The van der Waals surface area contributed by atoms with Gasteiger partial charge in [0.2, 0.25) is 0 Å². The summed E-state index contributed by atoms with van der Waals surface area (Å²) >= 11 is 1.66. The van der Waals surface area contributed by atoms with E-state index in [0.29, 0.717) is 11.4 Å². The van der Waals surface area contributed by atoms with E-state index in [9.17, 15) is 8.42 Å². The normalized spacial score (nSPS) is 11.3. The highest BCUT2D eigenvalue weighted by Gasteiger charge is 2.16. The van der Waals surface area contributed by atoms with E-state index < -0.39 is 10.0 Å². The summed E-state index contributed by atoms with van der Waals surface area (Å²) in [5.41, 5.74) is 3.54. The molecular formula is C18H18N2O3S2. The van der Waals surface area contributed by atoms with E-state index in [1.165, 1.54) is 24.3 Å². The highest BCUT2D eigenvalue weighted by molar-refractivity contribution is 7.92. The second-order valence-electron chi connectivity index (χ2n) is 5.68. The van der Waals surface area contributed by atoms with Crippen LogP contribution in [-0.4, -0.2) is 20.5 Å². The third-order valence-corrected chi connectivity index (χ3v) is 5.77. The largest absolute Gasteiger partial charge is 0.495 e. The molecule has 3 aromatic rings. The van der Waals surface area contributed by atoms with Gasteiger partial charge in [0, 0.05) is 10.6 Å². The van der Waals surface area contributed by atoms with Crippen LogP contribution in [0.15, 0.2) is 53.0 Å². The van der Waals surface area contributed by atoms with Crippen LogP contribution in [-0.2, 0) is 10.0 Å². The first kappa shape index (κ1) is 17.4. The molecule has 0 fully saturated rings. The Labute approximate surface area is 151 Å². The molecule has 5 nitrogen and oxygen atoms in total. The lowest BCUT2D eigenvalue weighted by molar-refractivity contribution is 0.412. The molecule has 0 saturated carbocycles. The molecule has 2 aromatic heterocycles. The van der Waals surface area contributed by atoms with Crippen molar-refractivity contribution in [3.05, 3.63) is 58.4 Å². The Bertz CT molecular complexity index is 993. The molecule has 1 N–H and O–H groups in total. The average Bonchev–Trinajstić information content (AvgIpc) is 3.00. The van der Waals surface area contributed by atoms with Gasteiger partial charge in [-0.15, -0.1) is 11.3 Å². The average molecular weight is 374 g/mol. The lowest BCUT2D eigenvalue weighted by Gasteiger charge is -2.10. The van der Waals surface area contributed by atoms with E-state index >= 15 is 0 Å². The van der Waals surface area contributed by atoms with Crippen molar-refractivity contribution in [2.75, 3.05) is 11.8 Å². The molecule has 0 aliphatic heterocycles. The zero-order chi connectivity index (χ0) is 18.0. The van der Waals surface area contributed by atoms with Gasteiger partial charge in [-0.2, -0.15) is 8.42 Å². The van der Waals surface area contributed by atoms with Crippen LogP contribution in [0.3, 0.4) is 0 Å². The molecule has 7 heteroatoms. The molecule has 0 spiro atoms.